The largest absolute Gasteiger partial charge is 0.441 e. The normalized spacial score (nSPS) is 11.0. The lowest BCUT2D eigenvalue weighted by atomic mass is 10.0. The lowest BCUT2D eigenvalue weighted by Gasteiger charge is -2.02. The molecule has 4 rings (SSSR count). The number of ketones is 1. The Morgan fingerprint density at radius 1 is 1.10 bits per heavy atom. The van der Waals surface area contributed by atoms with Crippen LogP contribution in [0.3, 0.4) is 0 Å². The van der Waals surface area contributed by atoms with Gasteiger partial charge in [0.15, 0.2) is 5.78 Å². The number of nitrogens with zero attached hydrogens (tertiary/aromatic N) is 3. The van der Waals surface area contributed by atoms with Gasteiger partial charge in [-0.05, 0) is 36.8 Å². The van der Waals surface area contributed by atoms with E-state index in [2.05, 4.69) is 15.1 Å². The van der Waals surface area contributed by atoms with Crippen molar-refractivity contribution in [1.82, 2.24) is 15.1 Å². The Morgan fingerprint density at radius 3 is 2.69 bits per heavy atom. The minimum atomic E-state index is -0.308. The highest BCUT2D eigenvalue weighted by Gasteiger charge is 2.12. The van der Waals surface area contributed by atoms with Crippen molar-refractivity contribution in [3.05, 3.63) is 77.8 Å². The molecule has 4 aromatic rings. The number of rotatable bonds is 7. The quantitative estimate of drug-likeness (QED) is 0.410. The Morgan fingerprint density at radius 2 is 1.93 bits per heavy atom. The van der Waals surface area contributed by atoms with Crippen LogP contribution in [0.1, 0.15) is 34.9 Å². The van der Waals surface area contributed by atoms with Crippen LogP contribution in [0, 0.1) is 12.7 Å². The van der Waals surface area contributed by atoms with Gasteiger partial charge in [0.1, 0.15) is 11.6 Å². The summed E-state index contributed by atoms with van der Waals surface area (Å²) in [6, 6.07) is 13.2. The van der Waals surface area contributed by atoms with E-state index in [0.717, 1.165) is 5.56 Å². The van der Waals surface area contributed by atoms with E-state index in [0.29, 0.717) is 53.8 Å². The summed E-state index contributed by atoms with van der Waals surface area (Å²) in [5.74, 6) is 1.79. The fourth-order valence-electron chi connectivity index (χ4n) is 2.96. The van der Waals surface area contributed by atoms with Crippen LogP contribution in [0.25, 0.3) is 22.8 Å². The molecule has 0 radical (unpaired) electrons. The first-order valence-electron chi connectivity index (χ1n) is 9.23. The summed E-state index contributed by atoms with van der Waals surface area (Å²) in [6.45, 7) is 1.72. The molecule has 7 heteroatoms. The van der Waals surface area contributed by atoms with Crippen LogP contribution in [-0.2, 0) is 6.42 Å². The molecule has 0 fully saturated rings. The van der Waals surface area contributed by atoms with Crippen molar-refractivity contribution in [3.63, 3.8) is 0 Å². The van der Waals surface area contributed by atoms with E-state index in [1.165, 1.54) is 12.1 Å². The first-order chi connectivity index (χ1) is 14.1. The van der Waals surface area contributed by atoms with Gasteiger partial charge >= 0.3 is 0 Å². The number of hydrogen-bond donors (Lipinski definition) is 0. The first kappa shape index (κ1) is 18.7. The molecule has 6 nitrogen and oxygen atoms in total. The summed E-state index contributed by atoms with van der Waals surface area (Å²) in [6.07, 6.45) is 3.23. The van der Waals surface area contributed by atoms with Crippen molar-refractivity contribution in [3.8, 4) is 22.8 Å². The molecule has 0 aliphatic carbocycles. The average Bonchev–Trinajstić information content (AvgIpc) is 3.38. The molecule has 0 atom stereocenters. The fourth-order valence-corrected chi connectivity index (χ4v) is 2.96. The molecule has 0 saturated carbocycles. The van der Waals surface area contributed by atoms with Gasteiger partial charge in [-0.3, -0.25) is 4.79 Å². The third-order valence-electron chi connectivity index (χ3n) is 4.44. The van der Waals surface area contributed by atoms with Crippen LogP contribution in [0.15, 0.2) is 63.7 Å². The summed E-state index contributed by atoms with van der Waals surface area (Å²) >= 11 is 0. The number of hydrogen-bond acceptors (Lipinski definition) is 6. The zero-order valence-corrected chi connectivity index (χ0v) is 15.8. The van der Waals surface area contributed by atoms with E-state index < -0.39 is 0 Å². The highest BCUT2D eigenvalue weighted by Crippen LogP contribution is 2.21. The molecule has 2 aromatic carbocycles. The van der Waals surface area contributed by atoms with Crippen LogP contribution in [0.2, 0.25) is 0 Å². The zero-order valence-electron chi connectivity index (χ0n) is 15.8. The van der Waals surface area contributed by atoms with Crippen molar-refractivity contribution in [2.75, 3.05) is 0 Å². The first-order valence-corrected chi connectivity index (χ1v) is 9.23. The van der Waals surface area contributed by atoms with Gasteiger partial charge in [-0.15, -0.1) is 0 Å². The van der Waals surface area contributed by atoms with Gasteiger partial charge in [0.2, 0.25) is 17.6 Å². The summed E-state index contributed by atoms with van der Waals surface area (Å²) in [5.41, 5.74) is 2.06. The van der Waals surface area contributed by atoms with Gasteiger partial charge in [-0.1, -0.05) is 23.4 Å². The maximum absolute atomic E-state index is 13.0. The van der Waals surface area contributed by atoms with Crippen LogP contribution >= 0.6 is 0 Å². The van der Waals surface area contributed by atoms with E-state index in [-0.39, 0.29) is 11.6 Å². The number of carbonyl (C=O) groups is 1. The summed E-state index contributed by atoms with van der Waals surface area (Å²) in [7, 11) is 0. The maximum Gasteiger partial charge on any atom is 0.226 e. The Hall–Kier alpha value is -3.61. The topological polar surface area (TPSA) is 82.0 Å². The van der Waals surface area contributed by atoms with Gasteiger partial charge in [0.05, 0.1) is 6.20 Å². The third-order valence-corrected chi connectivity index (χ3v) is 4.44. The van der Waals surface area contributed by atoms with Crippen molar-refractivity contribution in [1.29, 1.82) is 0 Å². The molecule has 0 N–H and O–H groups in total. The van der Waals surface area contributed by atoms with Crippen LogP contribution in [0.4, 0.5) is 4.39 Å². The molecule has 0 unspecified atom stereocenters. The molecular weight excluding hydrogens is 373 g/mol. The monoisotopic (exact) mass is 391 g/mol. The van der Waals surface area contributed by atoms with Crippen molar-refractivity contribution >= 4 is 5.78 Å². The van der Waals surface area contributed by atoms with Gasteiger partial charge in [-0.2, -0.15) is 4.98 Å². The molecule has 2 aromatic heterocycles. The third kappa shape index (κ3) is 4.45. The number of oxazole rings is 1. The smallest absolute Gasteiger partial charge is 0.226 e. The predicted octanol–water partition coefficient (Wildman–Crippen LogP) is 5.04. The Balaban J connectivity index is 1.35. The number of benzene rings is 2. The Labute approximate surface area is 166 Å². The summed E-state index contributed by atoms with van der Waals surface area (Å²) in [4.78, 5) is 20.9. The highest BCUT2D eigenvalue weighted by atomic mass is 19.1. The van der Waals surface area contributed by atoms with E-state index in [4.69, 9.17) is 8.94 Å². The minimum Gasteiger partial charge on any atom is -0.441 e. The molecule has 146 valence electrons. The van der Waals surface area contributed by atoms with E-state index >= 15 is 0 Å². The molecule has 2 heterocycles. The van der Waals surface area contributed by atoms with Crippen LogP contribution in [0.5, 0.6) is 0 Å². The molecule has 0 bridgehead atoms. The van der Waals surface area contributed by atoms with Crippen molar-refractivity contribution in [2.24, 2.45) is 0 Å². The fraction of sp³-hybridized carbons (Fsp3) is 0.182. The Kier molecular flexibility index (Phi) is 5.29. The number of Topliss-reactive ketones (excluding diaryl/α,β-unsaturated/α-hetero) is 1. The Bertz CT molecular complexity index is 1130. The van der Waals surface area contributed by atoms with Crippen LogP contribution < -0.4 is 0 Å². The number of halogens is 1. The molecule has 0 spiro atoms. The van der Waals surface area contributed by atoms with Crippen LogP contribution in [-0.4, -0.2) is 20.9 Å². The SMILES string of the molecule is Cc1nc(-c2cccc(C(=O)CCCc3cnc(-c4ccc(F)cc4)o3)c2)no1. The minimum absolute atomic E-state index is 0.0327. The maximum atomic E-state index is 13.0. The predicted molar refractivity (Wildman–Crippen MR) is 104 cm³/mol. The van der Waals surface area contributed by atoms with Gasteiger partial charge in [0.25, 0.3) is 0 Å². The van der Waals surface area contributed by atoms with Gasteiger partial charge < -0.3 is 8.94 Å². The second-order valence-electron chi connectivity index (χ2n) is 6.63. The summed E-state index contributed by atoms with van der Waals surface area (Å²) in [5, 5.41) is 3.88. The lowest BCUT2D eigenvalue weighted by Crippen LogP contribution is -2.00. The average molecular weight is 391 g/mol. The lowest BCUT2D eigenvalue weighted by molar-refractivity contribution is 0.0980. The van der Waals surface area contributed by atoms with E-state index in [1.807, 2.05) is 6.07 Å². The molecule has 0 aliphatic heterocycles. The van der Waals surface area contributed by atoms with E-state index in [1.54, 1.807) is 43.5 Å². The molecular formula is C22H18FN3O3. The summed E-state index contributed by atoms with van der Waals surface area (Å²) < 4.78 is 23.7. The van der Waals surface area contributed by atoms with E-state index in [9.17, 15) is 9.18 Å². The number of aromatic nitrogens is 3. The number of carbonyl (C=O) groups excluding carboxylic acids is 1. The van der Waals surface area contributed by atoms with Gasteiger partial charge in [-0.25, -0.2) is 9.37 Å². The molecule has 0 aliphatic rings. The molecule has 29 heavy (non-hydrogen) atoms. The molecule has 0 saturated heterocycles. The van der Waals surface area contributed by atoms with Crippen molar-refractivity contribution in [2.45, 2.75) is 26.2 Å². The van der Waals surface area contributed by atoms with Crippen molar-refractivity contribution < 1.29 is 18.1 Å². The highest BCUT2D eigenvalue weighted by molar-refractivity contribution is 5.97. The number of aryl methyl sites for hydroxylation is 2. The standard InChI is InChI=1S/C22H18FN3O3/c1-14-25-21(26-29-14)17-5-2-4-16(12-17)20(27)7-3-6-19-13-24-22(28-19)15-8-10-18(23)11-9-15/h2,4-5,8-13H,3,6-7H2,1H3. The zero-order chi connectivity index (χ0) is 20.2. The molecule has 0 amide bonds. The van der Waals surface area contributed by atoms with Gasteiger partial charge in [0, 0.05) is 36.5 Å². The second-order valence-corrected chi connectivity index (χ2v) is 6.63. The second kappa shape index (κ2) is 8.18.